The van der Waals surface area contributed by atoms with Gasteiger partial charge >= 0.3 is 105 Å². The van der Waals surface area contributed by atoms with E-state index in [2.05, 4.69) is 69.9 Å². The van der Waals surface area contributed by atoms with Gasteiger partial charge in [-0.3, -0.25) is 0 Å². The zero-order valence-electron chi connectivity index (χ0n) is 13.9. The molecule has 0 fully saturated rings. The molecule has 0 atom stereocenters. The van der Waals surface area contributed by atoms with Crippen LogP contribution in [0.5, 0.6) is 0 Å². The molecule has 1 aliphatic carbocycles. The molecule has 0 amide bonds. The van der Waals surface area contributed by atoms with Crippen LogP contribution in [0.2, 0.25) is 34.0 Å². The van der Waals surface area contributed by atoms with Crippen LogP contribution >= 0.6 is 24.8 Å². The Balaban J connectivity index is 0. The second kappa shape index (κ2) is 4.72. The molecule has 1 rings (SSSR count). The number of rotatable bonds is 4. The Morgan fingerprint density at radius 3 is 1.84 bits per heavy atom. The van der Waals surface area contributed by atoms with Crippen molar-refractivity contribution >= 4 is 31.5 Å². The van der Waals surface area contributed by atoms with Gasteiger partial charge in [-0.05, 0) is 0 Å². The molecule has 1 N–H and O–H groups in total. The van der Waals surface area contributed by atoms with Crippen LogP contribution in [0.1, 0.15) is 20.3 Å². The van der Waals surface area contributed by atoms with Crippen molar-refractivity contribution in [3.8, 4) is 0 Å². The zero-order chi connectivity index (χ0) is 13.6. The van der Waals surface area contributed by atoms with E-state index in [9.17, 15) is 0 Å². The molecule has 1 aliphatic rings. The number of hydrogen-bond acceptors (Lipinski definition) is 1. The van der Waals surface area contributed by atoms with E-state index in [1.54, 1.807) is 3.88 Å². The average Bonchev–Trinajstić information content (AvgIpc) is 2.51. The van der Waals surface area contributed by atoms with Gasteiger partial charge in [0.15, 0.2) is 0 Å². The molecule has 117 valence electrons. The third kappa shape index (κ3) is 3.41. The van der Waals surface area contributed by atoms with Gasteiger partial charge in [-0.25, -0.2) is 0 Å². The summed E-state index contributed by atoms with van der Waals surface area (Å²) in [4.78, 5) is 0. The van der Waals surface area contributed by atoms with Gasteiger partial charge < -0.3 is 0 Å². The molecule has 0 heterocycles. The van der Waals surface area contributed by atoms with Crippen molar-refractivity contribution in [1.29, 1.82) is 0 Å². The maximum Gasteiger partial charge on any atom is -0.147 e. The van der Waals surface area contributed by atoms with Crippen LogP contribution in [0.25, 0.3) is 0 Å². The normalized spacial score (nSPS) is 20.7. The van der Waals surface area contributed by atoms with Crippen molar-refractivity contribution in [2.75, 3.05) is 0 Å². The molecule has 0 saturated heterocycles. The molecule has 0 aromatic heterocycles. The number of halogens is 2. The van der Waals surface area contributed by atoms with Gasteiger partial charge in [0.25, 0.3) is 0 Å². The maximum atomic E-state index is 4.16. The summed E-state index contributed by atoms with van der Waals surface area (Å²) in [5.41, 5.74) is 0. The van der Waals surface area contributed by atoms with Gasteiger partial charge in [-0.15, -0.1) is 24.8 Å². The largest absolute Gasteiger partial charge is 0.147 e. The molecule has 0 radical (unpaired) electrons. The van der Waals surface area contributed by atoms with Crippen LogP contribution in [0.4, 0.5) is 0 Å². The smallest absolute Gasteiger partial charge is 0.147 e. The molecule has 0 saturated carbocycles. The first-order valence-electron chi connectivity index (χ1n) is 7.10. The maximum absolute atomic E-state index is 4.16. The molecular weight excluding hydrogens is 329 g/mol. The van der Waals surface area contributed by atoms with Crippen LogP contribution in [-0.4, -0.2) is 12.7 Å². The molecule has 0 aliphatic heterocycles. The third-order valence-electron chi connectivity index (χ3n) is 6.31. The average molecular weight is 363 g/mol. The standard InChI is InChI=1S/C5H5.C3H8N.C2H7Si.4CH3.2ClH.Ti/c1-2-4-5-3-1;1-3(2)4;1-3-2;;;;;;;/h1-3H,4H2;3-4H,1-2H3;3H,1-2H3;4*1H3;2*1H;/q;-1;;;;;;;;+1. The van der Waals surface area contributed by atoms with Crippen molar-refractivity contribution in [3.63, 3.8) is 0 Å². The van der Waals surface area contributed by atoms with E-state index >= 15 is 0 Å². The summed E-state index contributed by atoms with van der Waals surface area (Å²) in [6.07, 6.45) is 8.12. The summed E-state index contributed by atoms with van der Waals surface area (Å²) in [6.45, 7) is 8.76. The van der Waals surface area contributed by atoms with Crippen molar-refractivity contribution in [2.45, 2.75) is 60.3 Å². The van der Waals surface area contributed by atoms with Gasteiger partial charge in [0, 0.05) is 0 Å². The Kier molecular flexibility index (Phi) is 5.53. The van der Waals surface area contributed by atoms with Gasteiger partial charge in [0.05, 0.1) is 0 Å². The molecule has 0 aromatic carbocycles. The van der Waals surface area contributed by atoms with Crippen molar-refractivity contribution < 1.29 is 12.3 Å². The van der Waals surface area contributed by atoms with E-state index in [1.165, 1.54) is 0 Å². The van der Waals surface area contributed by atoms with Gasteiger partial charge in [-0.1, -0.05) is 0 Å². The van der Waals surface area contributed by atoms with Crippen molar-refractivity contribution in [3.05, 3.63) is 22.1 Å². The van der Waals surface area contributed by atoms with Crippen molar-refractivity contribution in [2.24, 2.45) is 0 Å². The summed E-state index contributed by atoms with van der Waals surface area (Å²) in [5.74, 6) is 0. The Hall–Kier alpha value is 0.951. The fourth-order valence-corrected chi connectivity index (χ4v) is 20.0. The van der Waals surface area contributed by atoms with Crippen molar-refractivity contribution in [1.82, 2.24) is 3.80 Å². The molecule has 0 unspecified atom stereocenters. The van der Waals surface area contributed by atoms with E-state index in [4.69, 9.17) is 0 Å². The summed E-state index contributed by atoms with van der Waals surface area (Å²) >= 11 is -3.70. The minimum atomic E-state index is -3.70. The molecule has 19 heavy (non-hydrogen) atoms. The van der Waals surface area contributed by atoms with Gasteiger partial charge in [-0.2, -0.15) is 0 Å². The first-order chi connectivity index (χ1) is 7.25. The van der Waals surface area contributed by atoms with E-state index in [1.807, 2.05) is 0 Å². The van der Waals surface area contributed by atoms with Crippen LogP contribution < -0.4 is 3.80 Å². The van der Waals surface area contributed by atoms with E-state index in [0.717, 1.165) is 6.42 Å². The van der Waals surface area contributed by atoms with E-state index in [0.29, 0.717) is 6.04 Å². The predicted octanol–water partition coefficient (Wildman–Crippen LogP) is 5.52. The quantitative estimate of drug-likeness (QED) is 0.648. The predicted molar refractivity (Wildman–Crippen MR) is 96.9 cm³/mol. The SMILES string of the molecule is CC(C)[NH][Ti]([CH3])([CH3])([CH3])([CH3])([C]1=CC=CC1)[SiH](C)C.Cl.Cl. The Labute approximate surface area is 129 Å². The summed E-state index contributed by atoms with van der Waals surface area (Å²) in [6, 6.07) is 0.548. The Morgan fingerprint density at radius 1 is 1.11 bits per heavy atom. The fraction of sp³-hybridized carbons (Fsp3) is 0.714. The van der Waals surface area contributed by atoms with Crippen LogP contribution in [0.15, 0.2) is 22.1 Å². The van der Waals surface area contributed by atoms with Crippen LogP contribution in [0, 0.1) is 0 Å². The van der Waals surface area contributed by atoms with Crippen LogP contribution in [-0.2, 0) is 12.3 Å². The summed E-state index contributed by atoms with van der Waals surface area (Å²) in [7, 11) is 0. The van der Waals surface area contributed by atoms with E-state index < -0.39 is 18.9 Å². The summed E-state index contributed by atoms with van der Waals surface area (Å²) < 4.78 is 5.87. The minimum Gasteiger partial charge on any atom is -0.147 e. The van der Waals surface area contributed by atoms with E-state index in [-0.39, 0.29) is 24.8 Å². The molecule has 0 bridgehead atoms. The molecular formula is C14H34Cl2NSiTi. The van der Waals surface area contributed by atoms with Gasteiger partial charge in [0.2, 0.25) is 0 Å². The minimum absolute atomic E-state index is 0. The topological polar surface area (TPSA) is 12.0 Å². The molecule has 0 spiro atoms. The second-order valence-electron chi connectivity index (χ2n) is 10.3. The molecule has 1 nitrogen and oxygen atoms in total. The molecule has 5 heteroatoms. The van der Waals surface area contributed by atoms with Gasteiger partial charge in [0.1, 0.15) is 0 Å². The summed E-state index contributed by atoms with van der Waals surface area (Å²) in [5, 5.41) is 10.5. The Morgan fingerprint density at radius 2 is 1.58 bits per heavy atom. The number of nitrogens with one attached hydrogen (secondary N) is 1. The monoisotopic (exact) mass is 362 g/mol. The first kappa shape index (κ1) is 22.2. The molecule has 0 aromatic rings. The fourth-order valence-electron chi connectivity index (χ4n) is 3.48. The number of hydrogen-bond donors (Lipinski definition) is 1. The number of allylic oxidation sites excluding steroid dienone is 4. The zero-order valence-corrected chi connectivity index (χ0v) is 18.3. The first-order valence-corrected chi connectivity index (χ1v) is 20.5. The third-order valence-corrected chi connectivity index (χ3v) is 50.2. The van der Waals surface area contributed by atoms with Crippen LogP contribution in [0.3, 0.4) is 0 Å². The Bertz CT molecular complexity index is 425. The second-order valence-corrected chi connectivity index (χ2v) is 51.9.